The molecule has 1 saturated carbocycles. The topological polar surface area (TPSA) is 74.2 Å². The van der Waals surface area contributed by atoms with Crippen LogP contribution in [0.3, 0.4) is 0 Å². The van der Waals surface area contributed by atoms with Crippen LogP contribution in [0.15, 0.2) is 4.52 Å². The van der Waals surface area contributed by atoms with Crippen LogP contribution >= 0.6 is 0 Å². The lowest BCUT2D eigenvalue weighted by Gasteiger charge is -2.27. The van der Waals surface area contributed by atoms with Crippen LogP contribution in [0.5, 0.6) is 0 Å². The van der Waals surface area contributed by atoms with Crippen molar-refractivity contribution < 1.29 is 22.4 Å². The maximum absolute atomic E-state index is 11.9. The molecule has 1 heterocycles. The predicted molar refractivity (Wildman–Crippen MR) is 68.6 cm³/mol. The molecular formula is C13H20F3N3O2. The summed E-state index contributed by atoms with van der Waals surface area (Å²) in [6.45, 7) is -0.754. The van der Waals surface area contributed by atoms with Crippen LogP contribution in [0.25, 0.3) is 0 Å². The Bertz CT molecular complexity index is 437. The molecule has 0 saturated heterocycles. The van der Waals surface area contributed by atoms with E-state index in [1.54, 1.807) is 0 Å². The summed E-state index contributed by atoms with van der Waals surface area (Å²) in [7, 11) is 0. The third-order valence-corrected chi connectivity index (χ3v) is 3.75. The fourth-order valence-corrected chi connectivity index (χ4v) is 2.69. The zero-order valence-electron chi connectivity index (χ0n) is 11.7. The van der Waals surface area contributed by atoms with Crippen LogP contribution in [0.2, 0.25) is 0 Å². The highest BCUT2D eigenvalue weighted by atomic mass is 19.4. The molecule has 1 fully saturated rings. The fourth-order valence-electron chi connectivity index (χ4n) is 2.69. The van der Waals surface area contributed by atoms with Crippen molar-refractivity contribution >= 4 is 0 Å². The largest absolute Gasteiger partial charge is 0.411 e. The van der Waals surface area contributed by atoms with Gasteiger partial charge in [-0.25, -0.2) is 0 Å². The van der Waals surface area contributed by atoms with E-state index in [0.29, 0.717) is 24.2 Å². The average Bonchev–Trinajstić information content (AvgIpc) is 2.91. The zero-order valence-corrected chi connectivity index (χ0v) is 11.7. The molecule has 0 spiro atoms. The van der Waals surface area contributed by atoms with Gasteiger partial charge >= 0.3 is 6.18 Å². The first-order valence-electron chi connectivity index (χ1n) is 7.16. The molecule has 2 N–H and O–H groups in total. The van der Waals surface area contributed by atoms with Crippen LogP contribution in [-0.2, 0) is 11.2 Å². The monoisotopic (exact) mass is 307 g/mol. The van der Waals surface area contributed by atoms with Gasteiger partial charge in [-0.1, -0.05) is 18.0 Å². The molecule has 2 rings (SSSR count). The highest BCUT2D eigenvalue weighted by molar-refractivity contribution is 4.99. The Hall–Kier alpha value is -1.15. The van der Waals surface area contributed by atoms with Crippen LogP contribution in [0.4, 0.5) is 13.2 Å². The minimum atomic E-state index is -4.31. The molecule has 2 unspecified atom stereocenters. The highest BCUT2D eigenvalue weighted by Crippen LogP contribution is 2.36. The quantitative estimate of drug-likeness (QED) is 0.817. The molecule has 5 nitrogen and oxygen atoms in total. The fraction of sp³-hybridized carbons (Fsp3) is 0.846. The van der Waals surface area contributed by atoms with Crippen molar-refractivity contribution in [3.8, 4) is 0 Å². The van der Waals surface area contributed by atoms with E-state index in [4.69, 9.17) is 10.3 Å². The van der Waals surface area contributed by atoms with Crippen molar-refractivity contribution in [1.82, 2.24) is 10.1 Å². The van der Waals surface area contributed by atoms with Crippen molar-refractivity contribution in [1.29, 1.82) is 0 Å². The second-order valence-electron chi connectivity index (χ2n) is 5.35. The molecule has 120 valence electrons. The molecule has 21 heavy (non-hydrogen) atoms. The van der Waals surface area contributed by atoms with E-state index in [1.165, 1.54) is 0 Å². The summed E-state index contributed by atoms with van der Waals surface area (Å²) >= 11 is 0. The van der Waals surface area contributed by atoms with Crippen molar-refractivity contribution in [2.75, 3.05) is 19.8 Å². The Labute approximate surface area is 121 Å². The molecule has 1 aliphatic carbocycles. The molecular weight excluding hydrogens is 287 g/mol. The number of rotatable bonds is 6. The molecule has 0 radical (unpaired) electrons. The van der Waals surface area contributed by atoms with Gasteiger partial charge in [0, 0.05) is 12.3 Å². The van der Waals surface area contributed by atoms with E-state index in [0.717, 1.165) is 25.7 Å². The van der Waals surface area contributed by atoms with E-state index < -0.39 is 12.8 Å². The number of aromatic nitrogens is 2. The lowest BCUT2D eigenvalue weighted by Crippen LogP contribution is -2.25. The molecule has 2 atom stereocenters. The number of halogens is 3. The van der Waals surface area contributed by atoms with Crippen molar-refractivity contribution in [2.24, 2.45) is 11.7 Å². The molecule has 0 bridgehead atoms. The van der Waals surface area contributed by atoms with Gasteiger partial charge in [-0.05, 0) is 25.3 Å². The first-order chi connectivity index (χ1) is 9.99. The number of nitrogens with zero attached hydrogens (tertiary/aromatic N) is 2. The molecule has 0 aromatic carbocycles. The number of alkyl halides is 3. The number of hydrogen-bond donors (Lipinski definition) is 1. The van der Waals surface area contributed by atoms with E-state index >= 15 is 0 Å². The zero-order chi connectivity index (χ0) is 15.3. The third-order valence-electron chi connectivity index (χ3n) is 3.75. The summed E-state index contributed by atoms with van der Waals surface area (Å²) in [5.74, 6) is 1.44. The van der Waals surface area contributed by atoms with Crippen molar-refractivity contribution in [2.45, 2.75) is 44.2 Å². The van der Waals surface area contributed by atoms with Gasteiger partial charge < -0.3 is 15.0 Å². The summed E-state index contributed by atoms with van der Waals surface area (Å²) in [6.07, 6.45) is 0.179. The van der Waals surface area contributed by atoms with Crippen LogP contribution < -0.4 is 5.73 Å². The molecule has 0 amide bonds. The van der Waals surface area contributed by atoms with Crippen molar-refractivity contribution in [3.63, 3.8) is 0 Å². The molecule has 8 heteroatoms. The minimum absolute atomic E-state index is 0.0799. The maximum atomic E-state index is 11.9. The van der Waals surface area contributed by atoms with E-state index in [-0.39, 0.29) is 18.9 Å². The van der Waals surface area contributed by atoms with Crippen LogP contribution in [-0.4, -0.2) is 36.1 Å². The Morgan fingerprint density at radius 2 is 2.05 bits per heavy atom. The standard InChI is InChI=1S/C13H20F3N3O2/c14-13(15,16)8-20-6-5-11-18-12(21-19-11)10-4-2-1-3-9(10)7-17/h9-10H,1-8,17H2. The minimum Gasteiger partial charge on any atom is -0.372 e. The first-order valence-corrected chi connectivity index (χ1v) is 7.16. The number of nitrogens with two attached hydrogens (primary N) is 1. The summed E-state index contributed by atoms with van der Waals surface area (Å²) in [6, 6.07) is 0. The Balaban J connectivity index is 1.83. The normalized spacial score (nSPS) is 23.4. The Kier molecular flexibility index (Phi) is 5.58. The summed E-state index contributed by atoms with van der Waals surface area (Å²) in [5, 5.41) is 3.81. The Morgan fingerprint density at radius 3 is 2.76 bits per heavy atom. The lowest BCUT2D eigenvalue weighted by atomic mass is 9.79. The van der Waals surface area contributed by atoms with Gasteiger partial charge in [0.2, 0.25) is 5.89 Å². The van der Waals surface area contributed by atoms with Gasteiger partial charge in [-0.2, -0.15) is 18.2 Å². The van der Waals surface area contributed by atoms with E-state index in [1.807, 2.05) is 0 Å². The second-order valence-corrected chi connectivity index (χ2v) is 5.35. The SMILES string of the molecule is NCC1CCCCC1c1nc(CCOCC(F)(F)F)no1. The van der Waals surface area contributed by atoms with Gasteiger partial charge in [0.25, 0.3) is 0 Å². The van der Waals surface area contributed by atoms with Crippen molar-refractivity contribution in [3.05, 3.63) is 11.7 Å². The summed E-state index contributed by atoms with van der Waals surface area (Å²) in [5.41, 5.74) is 5.76. The average molecular weight is 307 g/mol. The predicted octanol–water partition coefficient (Wildman–Crippen LogP) is 2.42. The molecule has 0 aliphatic heterocycles. The second kappa shape index (κ2) is 7.22. The summed E-state index contributed by atoms with van der Waals surface area (Å²) < 4.78 is 45.5. The molecule has 1 aliphatic rings. The lowest BCUT2D eigenvalue weighted by molar-refractivity contribution is -0.173. The Morgan fingerprint density at radius 1 is 1.29 bits per heavy atom. The van der Waals surface area contributed by atoms with Gasteiger partial charge in [0.1, 0.15) is 6.61 Å². The number of ether oxygens (including phenoxy) is 1. The first kappa shape index (κ1) is 16.2. The smallest absolute Gasteiger partial charge is 0.372 e. The van der Waals surface area contributed by atoms with Gasteiger partial charge in [0.05, 0.1) is 6.61 Å². The van der Waals surface area contributed by atoms with E-state index in [9.17, 15) is 13.2 Å². The van der Waals surface area contributed by atoms with Crippen LogP contribution in [0.1, 0.15) is 43.3 Å². The molecule has 1 aromatic rings. The highest BCUT2D eigenvalue weighted by Gasteiger charge is 2.30. The summed E-state index contributed by atoms with van der Waals surface area (Å²) in [4.78, 5) is 4.27. The van der Waals surface area contributed by atoms with E-state index in [2.05, 4.69) is 14.9 Å². The third kappa shape index (κ3) is 4.96. The molecule has 1 aromatic heterocycles. The van der Waals surface area contributed by atoms with Gasteiger partial charge in [-0.3, -0.25) is 0 Å². The van der Waals surface area contributed by atoms with Crippen LogP contribution in [0, 0.1) is 5.92 Å². The van der Waals surface area contributed by atoms with Gasteiger partial charge in [-0.15, -0.1) is 0 Å². The maximum Gasteiger partial charge on any atom is 0.411 e. The van der Waals surface area contributed by atoms with Gasteiger partial charge in [0.15, 0.2) is 5.82 Å². The number of hydrogen-bond acceptors (Lipinski definition) is 5.